The lowest BCUT2D eigenvalue weighted by Crippen LogP contribution is -2.49. The highest BCUT2D eigenvalue weighted by atomic mass is 16.5. The Morgan fingerprint density at radius 2 is 1.58 bits per heavy atom. The second kappa shape index (κ2) is 9.09. The summed E-state index contributed by atoms with van der Waals surface area (Å²) in [6, 6.07) is 10.9. The minimum absolute atomic E-state index is 0.0369. The number of rotatable bonds is 4. The molecular formula is C24H27N5O4. The van der Waals surface area contributed by atoms with Crippen molar-refractivity contribution in [3.63, 3.8) is 0 Å². The van der Waals surface area contributed by atoms with E-state index in [0.717, 1.165) is 24.7 Å². The zero-order valence-electron chi connectivity index (χ0n) is 18.7. The fourth-order valence-electron chi connectivity index (χ4n) is 4.52. The second-order valence-corrected chi connectivity index (χ2v) is 8.40. The molecule has 2 aromatic heterocycles. The second-order valence-electron chi connectivity index (χ2n) is 8.40. The SMILES string of the molecule is COc1cccc2cc(C(=O)N3CCN(c4ccc(N5CCCCC5)nn4)CC3)c(=O)oc12. The van der Waals surface area contributed by atoms with E-state index in [1.54, 1.807) is 29.2 Å². The number of piperidine rings is 1. The quantitative estimate of drug-likeness (QED) is 0.561. The van der Waals surface area contributed by atoms with E-state index in [-0.39, 0.29) is 11.5 Å². The summed E-state index contributed by atoms with van der Waals surface area (Å²) in [4.78, 5) is 31.7. The molecule has 0 unspecified atom stereocenters. The minimum atomic E-state index is -0.654. The zero-order chi connectivity index (χ0) is 22.8. The van der Waals surface area contributed by atoms with Gasteiger partial charge in [-0.3, -0.25) is 4.79 Å². The van der Waals surface area contributed by atoms with Crippen LogP contribution >= 0.6 is 0 Å². The largest absolute Gasteiger partial charge is 0.493 e. The van der Waals surface area contributed by atoms with E-state index in [9.17, 15) is 9.59 Å². The normalized spacial score (nSPS) is 16.8. The summed E-state index contributed by atoms with van der Waals surface area (Å²) in [5.74, 6) is 1.87. The number of ether oxygens (including phenoxy) is 1. The number of hydrogen-bond acceptors (Lipinski definition) is 8. The molecule has 0 atom stereocenters. The van der Waals surface area contributed by atoms with Gasteiger partial charge in [0.1, 0.15) is 5.56 Å². The van der Waals surface area contributed by atoms with Crippen molar-refractivity contribution in [2.45, 2.75) is 19.3 Å². The van der Waals surface area contributed by atoms with Crippen molar-refractivity contribution >= 4 is 28.5 Å². The number of carbonyl (C=O) groups is 1. The van der Waals surface area contributed by atoms with Gasteiger partial charge in [0, 0.05) is 44.7 Å². The van der Waals surface area contributed by atoms with Crippen LogP contribution in [0.4, 0.5) is 11.6 Å². The maximum atomic E-state index is 13.1. The van der Waals surface area contributed by atoms with E-state index in [1.807, 2.05) is 12.1 Å². The number of amides is 1. The van der Waals surface area contributed by atoms with Crippen LogP contribution in [-0.2, 0) is 0 Å². The number of para-hydroxylation sites is 1. The Balaban J connectivity index is 1.26. The number of nitrogens with zero attached hydrogens (tertiary/aromatic N) is 5. The van der Waals surface area contributed by atoms with E-state index in [4.69, 9.17) is 9.15 Å². The van der Waals surface area contributed by atoms with Gasteiger partial charge < -0.3 is 23.9 Å². The Bertz CT molecular complexity index is 1200. The summed E-state index contributed by atoms with van der Waals surface area (Å²) in [6.45, 7) is 4.29. The Hall–Kier alpha value is -3.62. The topological polar surface area (TPSA) is 92.0 Å². The van der Waals surface area contributed by atoms with Gasteiger partial charge in [0.05, 0.1) is 7.11 Å². The molecule has 9 heteroatoms. The summed E-state index contributed by atoms with van der Waals surface area (Å²) in [5.41, 5.74) is -0.272. The van der Waals surface area contributed by atoms with Crippen molar-refractivity contribution in [1.82, 2.24) is 15.1 Å². The highest BCUT2D eigenvalue weighted by Crippen LogP contribution is 2.25. The van der Waals surface area contributed by atoms with Crippen molar-refractivity contribution in [2.75, 3.05) is 56.2 Å². The van der Waals surface area contributed by atoms with Crippen LogP contribution in [0.1, 0.15) is 29.6 Å². The fraction of sp³-hybridized carbons (Fsp3) is 0.417. The van der Waals surface area contributed by atoms with Crippen LogP contribution in [-0.4, -0.2) is 67.4 Å². The molecule has 9 nitrogen and oxygen atoms in total. The third kappa shape index (κ3) is 4.22. The third-order valence-corrected chi connectivity index (χ3v) is 6.38. The summed E-state index contributed by atoms with van der Waals surface area (Å²) < 4.78 is 10.7. The fourth-order valence-corrected chi connectivity index (χ4v) is 4.52. The van der Waals surface area contributed by atoms with E-state index in [0.29, 0.717) is 42.9 Å². The first-order valence-electron chi connectivity index (χ1n) is 11.4. The monoisotopic (exact) mass is 449 g/mol. The summed E-state index contributed by atoms with van der Waals surface area (Å²) >= 11 is 0. The standard InChI is InChI=1S/C24H27N5O4/c1-32-19-7-5-6-17-16-18(24(31)33-22(17)19)23(30)29-14-12-28(13-15-29)21-9-8-20(25-26-21)27-10-3-2-4-11-27/h5-9,16H,2-4,10-15H2,1H3. The van der Waals surface area contributed by atoms with Gasteiger partial charge in [0.15, 0.2) is 23.0 Å². The van der Waals surface area contributed by atoms with Gasteiger partial charge in [-0.25, -0.2) is 4.79 Å². The van der Waals surface area contributed by atoms with Crippen LogP contribution in [0.15, 0.2) is 45.6 Å². The average Bonchev–Trinajstić information content (AvgIpc) is 2.88. The highest BCUT2D eigenvalue weighted by Gasteiger charge is 2.26. The van der Waals surface area contributed by atoms with Crippen LogP contribution in [0.5, 0.6) is 5.75 Å². The molecule has 0 aliphatic carbocycles. The van der Waals surface area contributed by atoms with Crippen molar-refractivity contribution in [3.05, 3.63) is 52.4 Å². The van der Waals surface area contributed by atoms with Gasteiger partial charge in [-0.2, -0.15) is 0 Å². The van der Waals surface area contributed by atoms with E-state index in [2.05, 4.69) is 20.0 Å². The molecule has 1 aromatic carbocycles. The third-order valence-electron chi connectivity index (χ3n) is 6.38. The molecule has 0 spiro atoms. The van der Waals surface area contributed by atoms with Crippen LogP contribution in [0.25, 0.3) is 11.0 Å². The molecule has 172 valence electrons. The number of fused-ring (bicyclic) bond motifs is 1. The first kappa shape index (κ1) is 21.2. The van der Waals surface area contributed by atoms with Crippen molar-refractivity contribution in [1.29, 1.82) is 0 Å². The molecule has 1 amide bonds. The van der Waals surface area contributed by atoms with Crippen LogP contribution in [0, 0.1) is 0 Å². The average molecular weight is 450 g/mol. The molecule has 3 aromatic rings. The first-order chi connectivity index (χ1) is 16.1. The number of piperazine rings is 1. The van der Waals surface area contributed by atoms with Crippen LogP contribution < -0.4 is 20.2 Å². The molecule has 2 aliphatic heterocycles. The first-order valence-corrected chi connectivity index (χ1v) is 11.4. The molecule has 5 rings (SSSR count). The summed E-state index contributed by atoms with van der Waals surface area (Å²) in [7, 11) is 1.51. The van der Waals surface area contributed by atoms with Crippen LogP contribution in [0.2, 0.25) is 0 Å². The van der Waals surface area contributed by atoms with Crippen molar-refractivity contribution < 1.29 is 13.9 Å². The molecule has 2 fully saturated rings. The molecule has 4 heterocycles. The van der Waals surface area contributed by atoms with Gasteiger partial charge in [0.25, 0.3) is 5.91 Å². The smallest absolute Gasteiger partial charge is 0.349 e. The van der Waals surface area contributed by atoms with Gasteiger partial charge in [0.2, 0.25) is 0 Å². The molecule has 0 N–H and O–H groups in total. The number of carbonyl (C=O) groups excluding carboxylic acids is 1. The number of aromatic nitrogens is 2. The highest BCUT2D eigenvalue weighted by molar-refractivity contribution is 5.97. The molecule has 33 heavy (non-hydrogen) atoms. The van der Waals surface area contributed by atoms with Crippen LogP contribution in [0.3, 0.4) is 0 Å². The van der Waals surface area contributed by atoms with E-state index in [1.165, 1.54) is 26.4 Å². The Kier molecular flexibility index (Phi) is 5.85. The maximum Gasteiger partial charge on any atom is 0.349 e. The molecule has 0 saturated carbocycles. The molecule has 0 bridgehead atoms. The molecular weight excluding hydrogens is 422 g/mol. The van der Waals surface area contributed by atoms with Gasteiger partial charge in [-0.15, -0.1) is 10.2 Å². The summed E-state index contributed by atoms with van der Waals surface area (Å²) in [6.07, 6.45) is 3.67. The minimum Gasteiger partial charge on any atom is -0.493 e. The molecule has 0 radical (unpaired) electrons. The lowest BCUT2D eigenvalue weighted by Gasteiger charge is -2.35. The maximum absolute atomic E-state index is 13.1. The Morgan fingerprint density at radius 1 is 0.909 bits per heavy atom. The summed E-state index contributed by atoms with van der Waals surface area (Å²) in [5, 5.41) is 9.50. The van der Waals surface area contributed by atoms with Crippen molar-refractivity contribution in [2.24, 2.45) is 0 Å². The predicted molar refractivity (Wildman–Crippen MR) is 125 cm³/mol. The Labute approximate surface area is 191 Å². The lowest BCUT2D eigenvalue weighted by molar-refractivity contribution is 0.0742. The van der Waals surface area contributed by atoms with E-state index < -0.39 is 5.63 Å². The predicted octanol–water partition coefficient (Wildman–Crippen LogP) is 2.54. The zero-order valence-corrected chi connectivity index (χ0v) is 18.7. The molecule has 2 aliphatic rings. The number of benzene rings is 1. The number of hydrogen-bond donors (Lipinski definition) is 0. The van der Waals surface area contributed by atoms with Gasteiger partial charge in [-0.1, -0.05) is 12.1 Å². The van der Waals surface area contributed by atoms with Crippen molar-refractivity contribution in [3.8, 4) is 5.75 Å². The molecule has 2 saturated heterocycles. The number of anilines is 2. The lowest BCUT2D eigenvalue weighted by atomic mass is 10.1. The Morgan fingerprint density at radius 3 is 2.21 bits per heavy atom. The van der Waals surface area contributed by atoms with E-state index >= 15 is 0 Å². The van der Waals surface area contributed by atoms with Gasteiger partial charge in [-0.05, 0) is 43.5 Å². The van der Waals surface area contributed by atoms with Gasteiger partial charge >= 0.3 is 5.63 Å². The number of methoxy groups -OCH3 is 1.